The van der Waals surface area contributed by atoms with E-state index < -0.39 is 0 Å². The summed E-state index contributed by atoms with van der Waals surface area (Å²) in [5.74, 6) is 1.18. The number of fused-ring (bicyclic) bond motifs is 1. The van der Waals surface area contributed by atoms with E-state index >= 15 is 0 Å². The minimum atomic E-state index is 0.0683. The normalized spacial score (nSPS) is 14.2. The molecule has 25 heavy (non-hydrogen) atoms. The van der Waals surface area contributed by atoms with E-state index in [-0.39, 0.29) is 5.91 Å². The number of nitrogens with one attached hydrogen (secondary N) is 1. The Labute approximate surface area is 147 Å². The molecule has 0 saturated heterocycles. The Morgan fingerprint density at radius 1 is 1.24 bits per heavy atom. The molecule has 1 aliphatic heterocycles. The van der Waals surface area contributed by atoms with E-state index in [1.807, 2.05) is 53.4 Å². The molecule has 3 rings (SSSR count). The molecule has 1 amide bonds. The Hall–Kier alpha value is -3.02. The van der Waals surface area contributed by atoms with Crippen molar-refractivity contribution in [2.24, 2.45) is 10.7 Å². The lowest BCUT2D eigenvalue weighted by molar-refractivity contribution is 0.0745. The number of methoxy groups -OCH3 is 1. The molecular weight excluding hydrogens is 316 g/mol. The summed E-state index contributed by atoms with van der Waals surface area (Å²) in [6.07, 6.45) is 0.880. The van der Waals surface area contributed by atoms with Gasteiger partial charge in [-0.25, -0.2) is 0 Å². The van der Waals surface area contributed by atoms with Gasteiger partial charge in [0.05, 0.1) is 13.7 Å². The van der Waals surface area contributed by atoms with Crippen LogP contribution >= 0.6 is 0 Å². The largest absolute Gasteiger partial charge is 0.497 e. The van der Waals surface area contributed by atoms with E-state index in [4.69, 9.17) is 10.5 Å². The van der Waals surface area contributed by atoms with E-state index in [9.17, 15) is 4.79 Å². The SMILES string of the molecule is COc1ccc(NC(N)=NCCN2CCc3ccccc3C2=O)cc1. The van der Waals surface area contributed by atoms with Crippen LogP contribution in [-0.4, -0.2) is 43.5 Å². The minimum absolute atomic E-state index is 0.0683. The van der Waals surface area contributed by atoms with E-state index in [1.54, 1.807) is 7.11 Å². The number of hydrogen-bond donors (Lipinski definition) is 2. The van der Waals surface area contributed by atoms with Crippen molar-refractivity contribution < 1.29 is 9.53 Å². The fourth-order valence-electron chi connectivity index (χ4n) is 2.84. The summed E-state index contributed by atoms with van der Waals surface area (Å²) in [5.41, 5.74) is 8.66. The predicted molar refractivity (Wildman–Crippen MR) is 99.2 cm³/mol. The number of rotatable bonds is 5. The maximum absolute atomic E-state index is 12.5. The summed E-state index contributed by atoms with van der Waals surface area (Å²) in [5, 5.41) is 3.03. The molecule has 0 aromatic heterocycles. The summed E-state index contributed by atoms with van der Waals surface area (Å²) in [6.45, 7) is 1.73. The van der Waals surface area contributed by atoms with Crippen LogP contribution in [-0.2, 0) is 6.42 Å². The molecule has 2 aromatic rings. The lowest BCUT2D eigenvalue weighted by Crippen LogP contribution is -2.39. The van der Waals surface area contributed by atoms with Gasteiger partial charge in [0, 0.05) is 24.3 Å². The van der Waals surface area contributed by atoms with Gasteiger partial charge in [0.25, 0.3) is 5.91 Å². The molecule has 0 bridgehead atoms. The van der Waals surface area contributed by atoms with Crippen molar-refractivity contribution in [1.29, 1.82) is 0 Å². The lowest BCUT2D eigenvalue weighted by Gasteiger charge is -2.28. The van der Waals surface area contributed by atoms with Gasteiger partial charge in [-0.1, -0.05) is 18.2 Å². The number of anilines is 1. The predicted octanol–water partition coefficient (Wildman–Crippen LogP) is 2.12. The first kappa shape index (κ1) is 16.8. The second-order valence-electron chi connectivity index (χ2n) is 5.82. The lowest BCUT2D eigenvalue weighted by atomic mass is 9.99. The zero-order valence-corrected chi connectivity index (χ0v) is 14.2. The van der Waals surface area contributed by atoms with Gasteiger partial charge < -0.3 is 20.7 Å². The quantitative estimate of drug-likeness (QED) is 0.646. The van der Waals surface area contributed by atoms with Crippen molar-refractivity contribution in [2.45, 2.75) is 6.42 Å². The van der Waals surface area contributed by atoms with Gasteiger partial charge in [-0.05, 0) is 42.3 Å². The van der Waals surface area contributed by atoms with E-state index in [0.717, 1.165) is 35.5 Å². The summed E-state index contributed by atoms with van der Waals surface area (Å²) < 4.78 is 5.11. The third-order valence-electron chi connectivity index (χ3n) is 4.20. The van der Waals surface area contributed by atoms with Crippen LogP contribution in [0.1, 0.15) is 15.9 Å². The maximum Gasteiger partial charge on any atom is 0.254 e. The van der Waals surface area contributed by atoms with Crippen LogP contribution in [0, 0.1) is 0 Å². The zero-order valence-electron chi connectivity index (χ0n) is 14.2. The molecule has 6 heteroatoms. The number of carbonyl (C=O) groups is 1. The van der Waals surface area contributed by atoms with Crippen LogP contribution < -0.4 is 15.8 Å². The molecule has 0 unspecified atom stereocenters. The number of benzene rings is 2. The van der Waals surface area contributed by atoms with Crippen LogP contribution in [0.4, 0.5) is 5.69 Å². The van der Waals surface area contributed by atoms with Crippen molar-refractivity contribution in [3.05, 3.63) is 59.7 Å². The van der Waals surface area contributed by atoms with E-state index in [0.29, 0.717) is 19.0 Å². The Morgan fingerprint density at radius 3 is 2.76 bits per heavy atom. The highest BCUT2D eigenvalue weighted by molar-refractivity contribution is 5.96. The average molecular weight is 338 g/mol. The number of nitrogens with zero attached hydrogens (tertiary/aromatic N) is 2. The zero-order chi connectivity index (χ0) is 17.6. The first-order valence-electron chi connectivity index (χ1n) is 8.25. The molecule has 0 fully saturated rings. The highest BCUT2D eigenvalue weighted by Crippen LogP contribution is 2.18. The fourth-order valence-corrected chi connectivity index (χ4v) is 2.84. The molecule has 0 atom stereocenters. The molecule has 1 aliphatic rings. The van der Waals surface area contributed by atoms with Crippen molar-refractivity contribution in [3.8, 4) is 5.75 Å². The average Bonchev–Trinajstić information content (AvgIpc) is 2.64. The van der Waals surface area contributed by atoms with Gasteiger partial charge in [-0.3, -0.25) is 9.79 Å². The number of nitrogens with two attached hydrogens (primary N) is 1. The summed E-state index contributed by atoms with van der Waals surface area (Å²) in [6, 6.07) is 15.2. The monoisotopic (exact) mass is 338 g/mol. The van der Waals surface area contributed by atoms with E-state index in [1.165, 1.54) is 0 Å². The Morgan fingerprint density at radius 2 is 2.00 bits per heavy atom. The Kier molecular flexibility index (Phi) is 5.18. The maximum atomic E-state index is 12.5. The number of aliphatic imine (C=N–C) groups is 1. The van der Waals surface area contributed by atoms with Crippen molar-refractivity contribution in [1.82, 2.24) is 4.90 Å². The van der Waals surface area contributed by atoms with Crippen LogP contribution in [0.25, 0.3) is 0 Å². The van der Waals surface area contributed by atoms with Gasteiger partial charge in [0.2, 0.25) is 0 Å². The summed E-state index contributed by atoms with van der Waals surface area (Å²) in [7, 11) is 1.62. The molecule has 2 aromatic carbocycles. The number of hydrogen-bond acceptors (Lipinski definition) is 3. The Bertz CT molecular complexity index is 771. The third-order valence-corrected chi connectivity index (χ3v) is 4.20. The fraction of sp³-hybridized carbons (Fsp3) is 0.263. The standard InChI is InChI=1S/C19H22N4O2/c1-25-16-8-6-15(7-9-16)22-19(20)21-11-13-23-12-10-14-4-2-3-5-17(14)18(23)24/h2-9H,10-13H2,1H3,(H3,20,21,22). The topological polar surface area (TPSA) is 80.0 Å². The van der Waals surface area contributed by atoms with Gasteiger partial charge in [-0.2, -0.15) is 0 Å². The van der Waals surface area contributed by atoms with Crippen molar-refractivity contribution in [3.63, 3.8) is 0 Å². The van der Waals surface area contributed by atoms with Gasteiger partial charge >= 0.3 is 0 Å². The van der Waals surface area contributed by atoms with Gasteiger partial charge in [-0.15, -0.1) is 0 Å². The van der Waals surface area contributed by atoms with Crippen LogP contribution in [0.5, 0.6) is 5.75 Å². The molecule has 3 N–H and O–H groups in total. The number of guanidine groups is 1. The number of amides is 1. The molecule has 130 valence electrons. The summed E-state index contributed by atoms with van der Waals surface area (Å²) in [4.78, 5) is 18.6. The van der Waals surface area contributed by atoms with Crippen LogP contribution in [0.3, 0.4) is 0 Å². The molecule has 0 spiro atoms. The summed E-state index contributed by atoms with van der Waals surface area (Å²) >= 11 is 0. The molecule has 0 saturated carbocycles. The highest BCUT2D eigenvalue weighted by atomic mass is 16.5. The molecule has 0 radical (unpaired) electrons. The molecule has 6 nitrogen and oxygen atoms in total. The van der Waals surface area contributed by atoms with Gasteiger partial charge in [0.15, 0.2) is 5.96 Å². The van der Waals surface area contributed by atoms with Crippen LogP contribution in [0.15, 0.2) is 53.5 Å². The van der Waals surface area contributed by atoms with E-state index in [2.05, 4.69) is 10.3 Å². The van der Waals surface area contributed by atoms with Crippen LogP contribution in [0.2, 0.25) is 0 Å². The molecule has 0 aliphatic carbocycles. The van der Waals surface area contributed by atoms with Crippen molar-refractivity contribution in [2.75, 3.05) is 32.1 Å². The van der Waals surface area contributed by atoms with Gasteiger partial charge in [0.1, 0.15) is 5.75 Å². The highest BCUT2D eigenvalue weighted by Gasteiger charge is 2.23. The van der Waals surface area contributed by atoms with Crippen molar-refractivity contribution >= 4 is 17.6 Å². The number of ether oxygens (including phenoxy) is 1. The third kappa shape index (κ3) is 4.09. The second-order valence-corrected chi connectivity index (χ2v) is 5.82. The Balaban J connectivity index is 1.53. The molecule has 1 heterocycles. The number of carbonyl (C=O) groups excluding carboxylic acids is 1. The molecular formula is C19H22N4O2. The second kappa shape index (κ2) is 7.70. The smallest absolute Gasteiger partial charge is 0.254 e. The minimum Gasteiger partial charge on any atom is -0.497 e. The first-order valence-corrected chi connectivity index (χ1v) is 8.25. The first-order chi connectivity index (χ1) is 12.2.